The third kappa shape index (κ3) is 3.58. The number of carbonyl (C=O) groups excluding carboxylic acids is 1. The van der Waals surface area contributed by atoms with Crippen molar-refractivity contribution in [2.75, 3.05) is 26.2 Å². The van der Waals surface area contributed by atoms with Crippen LogP contribution in [-0.4, -0.2) is 51.7 Å². The van der Waals surface area contributed by atoms with E-state index >= 15 is 0 Å². The van der Waals surface area contributed by atoms with Crippen molar-refractivity contribution >= 4 is 29.1 Å². The van der Waals surface area contributed by atoms with Gasteiger partial charge in [-0.25, -0.2) is 0 Å². The number of nitrogens with zero attached hydrogens (tertiary/aromatic N) is 4. The predicted octanol–water partition coefficient (Wildman–Crippen LogP) is 2.99. The Morgan fingerprint density at radius 2 is 1.75 bits per heavy atom. The van der Waals surface area contributed by atoms with Gasteiger partial charge in [0, 0.05) is 44.8 Å². The Morgan fingerprint density at radius 3 is 2.29 bits per heavy atom. The number of amides is 1. The molecule has 0 atom stereocenters. The zero-order chi connectivity index (χ0) is 17.3. The minimum absolute atomic E-state index is 0.0881. The molecule has 1 aliphatic heterocycles. The highest BCUT2D eigenvalue weighted by Crippen LogP contribution is 2.21. The van der Waals surface area contributed by atoms with Crippen molar-refractivity contribution < 1.29 is 4.79 Å². The Bertz CT molecular complexity index is 734. The third-order valence-electron chi connectivity index (χ3n) is 4.44. The molecule has 1 saturated heterocycles. The molecular weight excluding hydrogens is 347 g/mol. The summed E-state index contributed by atoms with van der Waals surface area (Å²) in [7, 11) is 1.79. The van der Waals surface area contributed by atoms with Gasteiger partial charge in [0.15, 0.2) is 5.69 Å². The molecule has 3 rings (SSSR count). The van der Waals surface area contributed by atoms with Crippen molar-refractivity contribution in [1.29, 1.82) is 0 Å². The van der Waals surface area contributed by atoms with E-state index in [4.69, 9.17) is 23.2 Å². The normalized spacial score (nSPS) is 15.8. The van der Waals surface area contributed by atoms with E-state index in [0.29, 0.717) is 23.8 Å². The van der Waals surface area contributed by atoms with Crippen molar-refractivity contribution in [3.8, 4) is 0 Å². The number of aromatic nitrogens is 2. The second-order valence-corrected chi connectivity index (χ2v) is 6.88. The summed E-state index contributed by atoms with van der Waals surface area (Å²) < 4.78 is 1.65. The fraction of sp³-hybridized carbons (Fsp3) is 0.412. The number of aryl methyl sites for hydroxylation is 1. The number of hydrogen-bond donors (Lipinski definition) is 0. The zero-order valence-corrected chi connectivity index (χ0v) is 15.3. The number of carbonyl (C=O) groups is 1. The summed E-state index contributed by atoms with van der Waals surface area (Å²) in [4.78, 5) is 16.8. The van der Waals surface area contributed by atoms with Gasteiger partial charge < -0.3 is 4.90 Å². The molecule has 1 fully saturated rings. The van der Waals surface area contributed by atoms with Gasteiger partial charge in [0.25, 0.3) is 5.91 Å². The number of piperazine rings is 1. The van der Waals surface area contributed by atoms with Crippen LogP contribution in [0, 0.1) is 6.92 Å². The van der Waals surface area contributed by atoms with E-state index in [9.17, 15) is 4.79 Å². The molecule has 2 aromatic rings. The van der Waals surface area contributed by atoms with E-state index < -0.39 is 0 Å². The Kier molecular flexibility index (Phi) is 5.13. The molecule has 0 saturated carbocycles. The first-order valence-electron chi connectivity index (χ1n) is 7.91. The maximum atomic E-state index is 12.6. The molecule has 0 radical (unpaired) electrons. The van der Waals surface area contributed by atoms with Crippen molar-refractivity contribution in [2.45, 2.75) is 13.5 Å². The van der Waals surface area contributed by atoms with Crippen molar-refractivity contribution in [3.05, 3.63) is 51.3 Å². The van der Waals surface area contributed by atoms with Crippen LogP contribution in [0.4, 0.5) is 0 Å². The summed E-state index contributed by atoms with van der Waals surface area (Å²) in [5.41, 5.74) is 2.38. The van der Waals surface area contributed by atoms with E-state index in [1.54, 1.807) is 11.7 Å². The second-order valence-electron chi connectivity index (χ2n) is 6.07. The van der Waals surface area contributed by atoms with Crippen molar-refractivity contribution in [2.24, 2.45) is 7.05 Å². The average molecular weight is 367 g/mol. The predicted molar refractivity (Wildman–Crippen MR) is 95.6 cm³/mol. The van der Waals surface area contributed by atoms with Crippen LogP contribution >= 0.6 is 23.2 Å². The molecule has 5 nitrogen and oxygen atoms in total. The quantitative estimate of drug-likeness (QED) is 0.838. The summed E-state index contributed by atoms with van der Waals surface area (Å²) >= 11 is 12.1. The number of hydrogen-bond acceptors (Lipinski definition) is 3. The van der Waals surface area contributed by atoms with Crippen molar-refractivity contribution in [1.82, 2.24) is 19.6 Å². The van der Waals surface area contributed by atoms with Gasteiger partial charge >= 0.3 is 0 Å². The lowest BCUT2D eigenvalue weighted by Crippen LogP contribution is -2.48. The van der Waals surface area contributed by atoms with Gasteiger partial charge in [-0.05, 0) is 24.6 Å². The molecule has 0 spiro atoms. The Morgan fingerprint density at radius 1 is 1.12 bits per heavy atom. The van der Waals surface area contributed by atoms with Crippen LogP contribution in [0.2, 0.25) is 10.0 Å². The molecule has 0 aliphatic carbocycles. The molecule has 7 heteroatoms. The maximum Gasteiger partial charge on any atom is 0.276 e. The molecule has 24 heavy (non-hydrogen) atoms. The minimum Gasteiger partial charge on any atom is -0.335 e. The molecule has 1 amide bonds. The lowest BCUT2D eigenvalue weighted by Gasteiger charge is -2.34. The highest BCUT2D eigenvalue weighted by Gasteiger charge is 2.26. The Labute approximate surface area is 151 Å². The molecule has 1 aliphatic rings. The van der Waals surface area contributed by atoms with E-state index in [1.165, 1.54) is 5.56 Å². The van der Waals surface area contributed by atoms with Gasteiger partial charge in [0.05, 0.1) is 10.7 Å². The molecular formula is C17H20Cl2N4O. The first-order valence-corrected chi connectivity index (χ1v) is 8.66. The summed E-state index contributed by atoms with van der Waals surface area (Å²) in [6.45, 7) is 5.74. The van der Waals surface area contributed by atoms with Gasteiger partial charge in [-0.3, -0.25) is 14.4 Å². The van der Waals surface area contributed by atoms with Crippen molar-refractivity contribution in [3.63, 3.8) is 0 Å². The lowest BCUT2D eigenvalue weighted by molar-refractivity contribution is 0.0622. The molecule has 1 aromatic heterocycles. The number of rotatable bonds is 3. The minimum atomic E-state index is -0.0881. The van der Waals surface area contributed by atoms with Gasteiger partial charge in [-0.15, -0.1) is 0 Å². The molecule has 128 valence electrons. The zero-order valence-electron chi connectivity index (χ0n) is 13.8. The van der Waals surface area contributed by atoms with Crippen LogP contribution in [-0.2, 0) is 13.6 Å². The molecule has 1 aromatic carbocycles. The Balaban J connectivity index is 1.59. The van der Waals surface area contributed by atoms with Crippen LogP contribution in [0.1, 0.15) is 21.7 Å². The van der Waals surface area contributed by atoms with Crippen LogP contribution in [0.5, 0.6) is 0 Å². The number of halogens is 2. The summed E-state index contributed by atoms with van der Waals surface area (Å²) in [5, 5.41) is 5.44. The monoisotopic (exact) mass is 366 g/mol. The van der Waals surface area contributed by atoms with E-state index in [2.05, 4.69) is 10.00 Å². The fourth-order valence-corrected chi connectivity index (χ4v) is 3.19. The second kappa shape index (κ2) is 7.13. The topological polar surface area (TPSA) is 41.4 Å². The molecule has 0 bridgehead atoms. The van der Waals surface area contributed by atoms with E-state index in [-0.39, 0.29) is 5.91 Å². The smallest absolute Gasteiger partial charge is 0.276 e. The Hall–Kier alpha value is -1.56. The first-order chi connectivity index (χ1) is 11.5. The molecule has 2 heterocycles. The van der Waals surface area contributed by atoms with Crippen LogP contribution in [0.15, 0.2) is 24.3 Å². The fourth-order valence-electron chi connectivity index (χ4n) is 2.83. The third-order valence-corrected chi connectivity index (χ3v) is 5.15. The van der Waals surface area contributed by atoms with E-state index in [0.717, 1.165) is 30.4 Å². The maximum absolute atomic E-state index is 12.6. The summed E-state index contributed by atoms with van der Waals surface area (Å²) in [5.74, 6) is -0.0881. The molecule has 0 N–H and O–H groups in total. The standard InChI is InChI=1S/C17H20Cl2N4O/c1-12-15(19)16(20-21(12)2)17(24)23-9-7-22(8-10-23)11-13-3-5-14(18)6-4-13/h3-6H,7-11H2,1-2H3. The highest BCUT2D eigenvalue weighted by molar-refractivity contribution is 6.34. The average Bonchev–Trinajstić information content (AvgIpc) is 2.84. The summed E-state index contributed by atoms with van der Waals surface area (Å²) in [6, 6.07) is 7.89. The van der Waals surface area contributed by atoms with Crippen LogP contribution in [0.3, 0.4) is 0 Å². The van der Waals surface area contributed by atoms with Gasteiger partial charge in [0.1, 0.15) is 0 Å². The van der Waals surface area contributed by atoms with Gasteiger partial charge in [0.2, 0.25) is 0 Å². The lowest BCUT2D eigenvalue weighted by atomic mass is 10.2. The largest absolute Gasteiger partial charge is 0.335 e. The summed E-state index contributed by atoms with van der Waals surface area (Å²) in [6.07, 6.45) is 0. The first kappa shape index (κ1) is 17.3. The van der Waals surface area contributed by atoms with Crippen LogP contribution in [0.25, 0.3) is 0 Å². The number of benzene rings is 1. The van der Waals surface area contributed by atoms with Gasteiger partial charge in [-0.2, -0.15) is 5.10 Å². The SMILES string of the molecule is Cc1c(Cl)c(C(=O)N2CCN(Cc3ccc(Cl)cc3)CC2)nn1C. The van der Waals surface area contributed by atoms with E-state index in [1.807, 2.05) is 36.1 Å². The molecule has 0 unspecified atom stereocenters. The van der Waals surface area contributed by atoms with Crippen LogP contribution < -0.4 is 0 Å². The highest BCUT2D eigenvalue weighted by atomic mass is 35.5. The van der Waals surface area contributed by atoms with Gasteiger partial charge in [-0.1, -0.05) is 35.3 Å².